The minimum Gasteiger partial charge on any atom is -0.507 e. The predicted molar refractivity (Wildman–Crippen MR) is 141 cm³/mol. The average Bonchev–Trinajstić information content (AvgIpc) is 2.96. The van der Waals surface area contributed by atoms with Gasteiger partial charge < -0.3 is 59.1 Å². The van der Waals surface area contributed by atoms with Crippen LogP contribution in [0.2, 0.25) is 0 Å². The molecule has 2 aliphatic rings. The minimum absolute atomic E-state index is 0.0466. The first-order chi connectivity index (χ1) is 19.6. The molecule has 0 saturated carbocycles. The Labute approximate surface area is 235 Å². The third-order valence-corrected chi connectivity index (χ3v) is 6.73. The first kappa shape index (κ1) is 30.5. The quantitative estimate of drug-likeness (QED) is 0.171. The van der Waals surface area contributed by atoms with Gasteiger partial charge in [0, 0.05) is 18.6 Å². The van der Waals surface area contributed by atoms with Crippen LogP contribution < -0.4 is 14.2 Å². The number of ether oxygens (including phenoxy) is 6. The van der Waals surface area contributed by atoms with Gasteiger partial charge in [-0.3, -0.25) is 4.79 Å². The number of allylic oxidation sites excluding steroid dienone is 1. The van der Waals surface area contributed by atoms with Crippen molar-refractivity contribution in [3.63, 3.8) is 0 Å². The number of aromatic hydroxyl groups is 2. The second-order valence-corrected chi connectivity index (χ2v) is 9.61. The molecule has 0 amide bonds. The molecular formula is C28H34O13. The van der Waals surface area contributed by atoms with Gasteiger partial charge in [-0.15, -0.1) is 0 Å². The van der Waals surface area contributed by atoms with E-state index < -0.39 is 54.6 Å². The van der Waals surface area contributed by atoms with Gasteiger partial charge in [-0.25, -0.2) is 0 Å². The van der Waals surface area contributed by atoms with E-state index in [1.807, 2.05) is 0 Å². The fourth-order valence-corrected chi connectivity index (χ4v) is 4.45. The number of rotatable bonds is 10. The molecule has 13 nitrogen and oxygen atoms in total. The first-order valence-electron chi connectivity index (χ1n) is 12.9. The van der Waals surface area contributed by atoms with Crippen LogP contribution in [-0.2, 0) is 14.2 Å². The topological polar surface area (TPSA) is 194 Å². The molecule has 7 atom stereocenters. The van der Waals surface area contributed by atoms with Gasteiger partial charge in [0.2, 0.25) is 6.29 Å². The van der Waals surface area contributed by atoms with Gasteiger partial charge in [0.1, 0.15) is 47.2 Å². The van der Waals surface area contributed by atoms with Crippen molar-refractivity contribution in [2.45, 2.75) is 55.9 Å². The lowest BCUT2D eigenvalue weighted by Gasteiger charge is -2.40. The molecule has 2 fully saturated rings. The van der Waals surface area contributed by atoms with Crippen molar-refractivity contribution in [2.24, 2.45) is 0 Å². The van der Waals surface area contributed by atoms with Crippen LogP contribution >= 0.6 is 0 Å². The molecular weight excluding hydrogens is 544 g/mol. The standard InChI is InChI=1S/C28H34O13/c1-36-20-7-4-14(9-18(20)31)3-6-17(30)24-19(32)10-16(11-21(24)37-2)40-28-27(35)26(34)25(33)22(41-28)13-39-23-8-5-15(29)12-38-23/h3-4,6-7,9-11,15,22-23,25-29,31-35H,5,8,12-13H2,1-2H3. The molecule has 0 bridgehead atoms. The van der Waals surface area contributed by atoms with Crippen LogP contribution in [-0.4, -0.2) is 107 Å². The zero-order chi connectivity index (χ0) is 29.7. The number of hydrogen-bond donors (Lipinski definition) is 6. The molecule has 4 rings (SSSR count). The van der Waals surface area contributed by atoms with Gasteiger partial charge >= 0.3 is 0 Å². The van der Waals surface area contributed by atoms with Crippen LogP contribution in [0.4, 0.5) is 0 Å². The number of hydrogen-bond acceptors (Lipinski definition) is 13. The normalized spacial score (nSPS) is 28.4. The van der Waals surface area contributed by atoms with Crippen molar-refractivity contribution in [1.29, 1.82) is 0 Å². The fraction of sp³-hybridized carbons (Fsp3) is 0.464. The summed E-state index contributed by atoms with van der Waals surface area (Å²) >= 11 is 0. The lowest BCUT2D eigenvalue weighted by molar-refractivity contribution is -0.291. The second kappa shape index (κ2) is 13.5. The van der Waals surface area contributed by atoms with E-state index in [2.05, 4.69) is 0 Å². The molecule has 224 valence electrons. The average molecular weight is 579 g/mol. The highest BCUT2D eigenvalue weighted by Crippen LogP contribution is 2.36. The minimum atomic E-state index is -1.67. The van der Waals surface area contributed by atoms with Gasteiger partial charge in [-0.05, 0) is 30.2 Å². The summed E-state index contributed by atoms with van der Waals surface area (Å²) in [6, 6.07) is 6.97. The van der Waals surface area contributed by atoms with Crippen molar-refractivity contribution in [3.8, 4) is 28.7 Å². The van der Waals surface area contributed by atoms with E-state index in [0.717, 1.165) is 6.07 Å². The van der Waals surface area contributed by atoms with Crippen molar-refractivity contribution in [3.05, 3.63) is 47.5 Å². The molecule has 2 aromatic carbocycles. The highest BCUT2D eigenvalue weighted by molar-refractivity contribution is 6.10. The van der Waals surface area contributed by atoms with Crippen LogP contribution in [0.5, 0.6) is 28.7 Å². The Kier molecular flexibility index (Phi) is 10.0. The van der Waals surface area contributed by atoms with Crippen molar-refractivity contribution >= 4 is 11.9 Å². The largest absolute Gasteiger partial charge is 0.507 e. The molecule has 2 aromatic rings. The third-order valence-electron chi connectivity index (χ3n) is 6.73. The molecule has 0 aromatic heterocycles. The maximum Gasteiger partial charge on any atom is 0.229 e. The molecule has 41 heavy (non-hydrogen) atoms. The summed E-state index contributed by atoms with van der Waals surface area (Å²) in [6.45, 7) is -0.0948. The van der Waals surface area contributed by atoms with Gasteiger partial charge in [0.05, 0.1) is 33.5 Å². The van der Waals surface area contributed by atoms with E-state index in [-0.39, 0.29) is 41.8 Å². The predicted octanol–water partition coefficient (Wildman–Crippen LogP) is 0.711. The van der Waals surface area contributed by atoms with E-state index in [9.17, 15) is 35.4 Å². The Hall–Kier alpha value is -3.43. The summed E-state index contributed by atoms with van der Waals surface area (Å²) in [4.78, 5) is 12.9. The summed E-state index contributed by atoms with van der Waals surface area (Å²) < 4.78 is 32.6. The fourth-order valence-electron chi connectivity index (χ4n) is 4.45. The summed E-state index contributed by atoms with van der Waals surface area (Å²) in [5.74, 6) is -1.04. The molecule has 6 N–H and O–H groups in total. The Morgan fingerprint density at radius 3 is 2.37 bits per heavy atom. The van der Waals surface area contributed by atoms with Gasteiger partial charge in [-0.2, -0.15) is 0 Å². The van der Waals surface area contributed by atoms with E-state index >= 15 is 0 Å². The van der Waals surface area contributed by atoms with Crippen LogP contribution in [0.15, 0.2) is 36.4 Å². The molecule has 0 aliphatic carbocycles. The van der Waals surface area contributed by atoms with E-state index in [0.29, 0.717) is 18.4 Å². The molecule has 2 saturated heterocycles. The number of ketones is 1. The molecule has 7 unspecified atom stereocenters. The van der Waals surface area contributed by atoms with Crippen molar-refractivity contribution < 1.29 is 63.9 Å². The SMILES string of the molecule is COc1ccc(C=CC(=O)c2c(O)cc(OC3OC(COC4CCC(O)CO4)C(O)C(O)C3O)cc2OC)cc1O. The lowest BCUT2D eigenvalue weighted by Crippen LogP contribution is -2.60. The van der Waals surface area contributed by atoms with E-state index in [4.69, 9.17) is 28.4 Å². The number of benzene rings is 2. The Bertz CT molecular complexity index is 1220. The highest BCUT2D eigenvalue weighted by Gasteiger charge is 2.45. The van der Waals surface area contributed by atoms with Crippen LogP contribution in [0.25, 0.3) is 6.08 Å². The Morgan fingerprint density at radius 2 is 1.71 bits per heavy atom. The molecule has 2 aliphatic heterocycles. The van der Waals surface area contributed by atoms with E-state index in [1.165, 1.54) is 44.6 Å². The number of aliphatic hydroxyl groups is 4. The van der Waals surface area contributed by atoms with Crippen molar-refractivity contribution in [1.82, 2.24) is 0 Å². The highest BCUT2D eigenvalue weighted by atomic mass is 16.7. The number of methoxy groups -OCH3 is 2. The van der Waals surface area contributed by atoms with Crippen LogP contribution in [0.1, 0.15) is 28.8 Å². The lowest BCUT2D eigenvalue weighted by atomic mass is 9.99. The maximum atomic E-state index is 12.9. The number of carbonyl (C=O) groups is 1. The summed E-state index contributed by atoms with van der Waals surface area (Å²) in [6.07, 6.45) is -5.07. The molecule has 0 spiro atoms. The summed E-state index contributed by atoms with van der Waals surface area (Å²) in [5, 5.41) is 61.4. The molecule has 0 radical (unpaired) electrons. The van der Waals surface area contributed by atoms with Crippen LogP contribution in [0.3, 0.4) is 0 Å². The molecule has 2 heterocycles. The zero-order valence-electron chi connectivity index (χ0n) is 22.5. The number of aliphatic hydroxyl groups excluding tert-OH is 4. The smallest absolute Gasteiger partial charge is 0.229 e. The van der Waals surface area contributed by atoms with E-state index in [1.54, 1.807) is 6.07 Å². The Balaban J connectivity index is 1.45. The van der Waals surface area contributed by atoms with Crippen LogP contribution in [0, 0.1) is 0 Å². The zero-order valence-corrected chi connectivity index (χ0v) is 22.5. The molecule has 13 heteroatoms. The number of phenols is 2. The second-order valence-electron chi connectivity index (χ2n) is 9.61. The monoisotopic (exact) mass is 578 g/mol. The summed E-state index contributed by atoms with van der Waals surface area (Å²) in [7, 11) is 2.70. The number of carbonyl (C=O) groups excluding carboxylic acids is 1. The van der Waals surface area contributed by atoms with Gasteiger partial charge in [-0.1, -0.05) is 12.1 Å². The first-order valence-corrected chi connectivity index (χ1v) is 12.9. The van der Waals surface area contributed by atoms with Crippen molar-refractivity contribution in [2.75, 3.05) is 27.4 Å². The number of phenolic OH excluding ortho intramolecular Hbond substituents is 2. The maximum absolute atomic E-state index is 12.9. The summed E-state index contributed by atoms with van der Waals surface area (Å²) in [5.41, 5.74) is 0.337. The van der Waals surface area contributed by atoms with Gasteiger partial charge in [0.15, 0.2) is 23.6 Å². The Morgan fingerprint density at radius 1 is 0.951 bits per heavy atom. The van der Waals surface area contributed by atoms with Gasteiger partial charge in [0.25, 0.3) is 0 Å². The third kappa shape index (κ3) is 7.26.